The molecular formula is C17H21ClN4. The van der Waals surface area contributed by atoms with Gasteiger partial charge in [0, 0.05) is 60.7 Å². The van der Waals surface area contributed by atoms with Crippen LogP contribution in [0.2, 0.25) is 5.15 Å². The molecule has 0 amide bonds. The van der Waals surface area contributed by atoms with Gasteiger partial charge in [0.05, 0.1) is 0 Å². The van der Waals surface area contributed by atoms with E-state index in [0.717, 1.165) is 43.1 Å². The molecule has 0 radical (unpaired) electrons. The minimum absolute atomic E-state index is 0.376. The monoisotopic (exact) mass is 316 g/mol. The van der Waals surface area contributed by atoms with Crippen molar-refractivity contribution < 1.29 is 0 Å². The molecule has 5 heteroatoms. The van der Waals surface area contributed by atoms with Crippen molar-refractivity contribution in [1.82, 2.24) is 19.9 Å². The number of halogens is 1. The van der Waals surface area contributed by atoms with Gasteiger partial charge in [-0.15, -0.1) is 0 Å². The largest absolute Gasteiger partial charge is 0.294 e. The van der Waals surface area contributed by atoms with Gasteiger partial charge in [-0.1, -0.05) is 31.5 Å². The van der Waals surface area contributed by atoms with Gasteiger partial charge in [0.1, 0.15) is 11.0 Å². The molecule has 0 bridgehead atoms. The van der Waals surface area contributed by atoms with Crippen molar-refractivity contribution in [2.45, 2.75) is 46.2 Å². The zero-order valence-electron chi connectivity index (χ0n) is 13.3. The Hall–Kier alpha value is -1.52. The second-order valence-electron chi connectivity index (χ2n) is 6.22. The van der Waals surface area contributed by atoms with Crippen molar-refractivity contribution in [3.8, 4) is 0 Å². The Morgan fingerprint density at radius 1 is 1.27 bits per heavy atom. The van der Waals surface area contributed by atoms with E-state index in [9.17, 15) is 0 Å². The zero-order chi connectivity index (χ0) is 15.7. The molecule has 0 unspecified atom stereocenters. The maximum Gasteiger partial charge on any atom is 0.133 e. The molecule has 1 aliphatic heterocycles. The summed E-state index contributed by atoms with van der Waals surface area (Å²) >= 11 is 6.24. The molecule has 4 nitrogen and oxygen atoms in total. The fraction of sp³-hybridized carbons (Fsp3) is 0.471. The van der Waals surface area contributed by atoms with Gasteiger partial charge in [0.15, 0.2) is 0 Å². The van der Waals surface area contributed by atoms with Gasteiger partial charge in [-0.05, 0) is 13.0 Å². The van der Waals surface area contributed by atoms with Gasteiger partial charge in [-0.2, -0.15) is 0 Å². The molecule has 1 aliphatic rings. The Morgan fingerprint density at radius 2 is 2.09 bits per heavy atom. The third kappa shape index (κ3) is 3.28. The number of rotatable bonds is 3. The smallest absolute Gasteiger partial charge is 0.133 e. The first-order valence-electron chi connectivity index (χ1n) is 7.72. The summed E-state index contributed by atoms with van der Waals surface area (Å²) in [5.74, 6) is 1.32. The van der Waals surface area contributed by atoms with Crippen LogP contribution in [-0.2, 0) is 19.5 Å². The highest BCUT2D eigenvalue weighted by atomic mass is 35.5. The van der Waals surface area contributed by atoms with Crippen molar-refractivity contribution in [2.75, 3.05) is 6.54 Å². The molecule has 0 saturated carbocycles. The highest BCUT2D eigenvalue weighted by Crippen LogP contribution is 2.22. The van der Waals surface area contributed by atoms with Crippen LogP contribution in [0.25, 0.3) is 0 Å². The van der Waals surface area contributed by atoms with Crippen molar-refractivity contribution in [3.05, 3.63) is 51.8 Å². The van der Waals surface area contributed by atoms with Gasteiger partial charge in [0.25, 0.3) is 0 Å². The minimum Gasteiger partial charge on any atom is -0.294 e. The van der Waals surface area contributed by atoms with Gasteiger partial charge in [0.2, 0.25) is 0 Å². The molecule has 0 N–H and O–H groups in total. The summed E-state index contributed by atoms with van der Waals surface area (Å²) < 4.78 is 0. The molecule has 0 atom stereocenters. The fourth-order valence-electron chi connectivity index (χ4n) is 2.72. The molecule has 0 aromatic carbocycles. The van der Waals surface area contributed by atoms with Crippen LogP contribution < -0.4 is 0 Å². The lowest BCUT2D eigenvalue weighted by Gasteiger charge is -2.28. The van der Waals surface area contributed by atoms with E-state index in [1.54, 1.807) is 0 Å². The summed E-state index contributed by atoms with van der Waals surface area (Å²) in [6.07, 6.45) is 2.95. The van der Waals surface area contributed by atoms with E-state index in [-0.39, 0.29) is 0 Å². The molecule has 3 rings (SSSR count). The number of hydrogen-bond donors (Lipinski definition) is 0. The first-order valence-corrected chi connectivity index (χ1v) is 8.10. The molecule has 22 heavy (non-hydrogen) atoms. The molecule has 0 spiro atoms. The Balaban J connectivity index is 1.74. The second-order valence-corrected chi connectivity index (χ2v) is 6.58. The van der Waals surface area contributed by atoms with Gasteiger partial charge >= 0.3 is 0 Å². The number of aryl methyl sites for hydroxylation is 1. The van der Waals surface area contributed by atoms with Crippen LogP contribution in [0.4, 0.5) is 0 Å². The lowest BCUT2D eigenvalue weighted by molar-refractivity contribution is 0.242. The van der Waals surface area contributed by atoms with Crippen LogP contribution in [0, 0.1) is 6.92 Å². The number of hydrogen-bond acceptors (Lipinski definition) is 4. The summed E-state index contributed by atoms with van der Waals surface area (Å²) in [5, 5.41) is 0.609. The van der Waals surface area contributed by atoms with Gasteiger partial charge < -0.3 is 0 Å². The average molecular weight is 317 g/mol. The summed E-state index contributed by atoms with van der Waals surface area (Å²) in [6.45, 7) is 8.89. The number of aromatic nitrogens is 3. The normalized spacial score (nSPS) is 15.1. The second kappa shape index (κ2) is 6.31. The van der Waals surface area contributed by atoms with Crippen LogP contribution in [0.15, 0.2) is 18.3 Å². The third-order valence-corrected chi connectivity index (χ3v) is 4.33. The highest BCUT2D eigenvalue weighted by Gasteiger charge is 2.20. The van der Waals surface area contributed by atoms with Crippen LogP contribution >= 0.6 is 11.6 Å². The molecular weight excluding hydrogens is 296 g/mol. The third-order valence-electron chi connectivity index (χ3n) is 4.01. The van der Waals surface area contributed by atoms with Crippen LogP contribution in [-0.4, -0.2) is 26.4 Å². The standard InChI is InChI=1S/C17H21ClN4/c1-11(2)17-19-8-14-10-22(7-6-15(14)21-17)9-13-5-4-12(3)20-16(13)18/h4-5,8,11H,6-7,9-10H2,1-3H3. The lowest BCUT2D eigenvalue weighted by Crippen LogP contribution is -2.31. The summed E-state index contributed by atoms with van der Waals surface area (Å²) in [5.41, 5.74) is 4.46. The van der Waals surface area contributed by atoms with Crippen molar-refractivity contribution >= 4 is 11.6 Å². The maximum atomic E-state index is 6.24. The van der Waals surface area contributed by atoms with E-state index >= 15 is 0 Å². The molecule has 0 aliphatic carbocycles. The van der Waals surface area contributed by atoms with Crippen molar-refractivity contribution in [3.63, 3.8) is 0 Å². The van der Waals surface area contributed by atoms with E-state index in [0.29, 0.717) is 11.1 Å². The Bertz CT molecular complexity index is 684. The number of nitrogens with zero attached hydrogens (tertiary/aromatic N) is 4. The van der Waals surface area contributed by atoms with E-state index in [1.165, 1.54) is 11.3 Å². The van der Waals surface area contributed by atoms with E-state index < -0.39 is 0 Å². The minimum atomic E-state index is 0.376. The number of pyridine rings is 1. The Labute approximate surface area is 136 Å². The molecule has 0 saturated heterocycles. The average Bonchev–Trinajstić information content (AvgIpc) is 2.49. The Kier molecular flexibility index (Phi) is 4.41. The maximum absolute atomic E-state index is 6.24. The van der Waals surface area contributed by atoms with Crippen LogP contribution in [0.3, 0.4) is 0 Å². The van der Waals surface area contributed by atoms with E-state index in [2.05, 4.69) is 34.8 Å². The molecule has 2 aromatic rings. The SMILES string of the molecule is Cc1ccc(CN2CCc3nc(C(C)C)ncc3C2)c(Cl)n1. The predicted octanol–water partition coefficient (Wildman–Crippen LogP) is 3.52. The first-order chi connectivity index (χ1) is 10.5. The van der Waals surface area contributed by atoms with Gasteiger partial charge in [-0.3, -0.25) is 4.90 Å². The van der Waals surface area contributed by atoms with Crippen molar-refractivity contribution in [1.29, 1.82) is 0 Å². The first kappa shape index (κ1) is 15.4. The van der Waals surface area contributed by atoms with Gasteiger partial charge in [-0.25, -0.2) is 15.0 Å². The quantitative estimate of drug-likeness (QED) is 0.813. The summed E-state index contributed by atoms with van der Waals surface area (Å²) in [4.78, 5) is 15.9. The molecule has 3 heterocycles. The van der Waals surface area contributed by atoms with Crippen LogP contribution in [0.1, 0.15) is 48.1 Å². The lowest BCUT2D eigenvalue weighted by atomic mass is 10.1. The molecule has 0 fully saturated rings. The highest BCUT2D eigenvalue weighted by molar-refractivity contribution is 6.30. The van der Waals surface area contributed by atoms with E-state index in [1.807, 2.05) is 19.2 Å². The predicted molar refractivity (Wildman–Crippen MR) is 87.9 cm³/mol. The fourth-order valence-corrected chi connectivity index (χ4v) is 2.97. The summed E-state index contributed by atoms with van der Waals surface area (Å²) in [6, 6.07) is 4.08. The van der Waals surface area contributed by atoms with E-state index in [4.69, 9.17) is 16.6 Å². The molecule has 2 aromatic heterocycles. The number of fused-ring (bicyclic) bond motifs is 1. The molecule has 116 valence electrons. The zero-order valence-corrected chi connectivity index (χ0v) is 14.1. The Morgan fingerprint density at radius 3 is 2.82 bits per heavy atom. The van der Waals surface area contributed by atoms with Crippen LogP contribution in [0.5, 0.6) is 0 Å². The topological polar surface area (TPSA) is 41.9 Å². The summed E-state index contributed by atoms with van der Waals surface area (Å²) in [7, 11) is 0. The van der Waals surface area contributed by atoms with Crippen molar-refractivity contribution in [2.24, 2.45) is 0 Å².